The minimum absolute atomic E-state index is 0.0215. The van der Waals surface area contributed by atoms with Crippen LogP contribution in [0.25, 0.3) is 0 Å². The number of ether oxygens (including phenoxy) is 1. The minimum atomic E-state index is -0.557. The van der Waals surface area contributed by atoms with Gasteiger partial charge in [0.25, 0.3) is 5.91 Å². The maximum absolute atomic E-state index is 12.5. The molecule has 1 aromatic rings. The van der Waals surface area contributed by atoms with E-state index in [0.29, 0.717) is 30.3 Å². The number of hydrogen-bond acceptors (Lipinski definition) is 4. The number of nitriles is 1. The van der Waals surface area contributed by atoms with Crippen LogP contribution in [-0.4, -0.2) is 54.5 Å². The maximum atomic E-state index is 12.5. The Morgan fingerprint density at radius 3 is 2.74 bits per heavy atom. The molecular formula is C16H19BrClN3O2. The van der Waals surface area contributed by atoms with Gasteiger partial charge in [-0.1, -0.05) is 11.6 Å². The lowest BCUT2D eigenvalue weighted by molar-refractivity contribution is -0.139. The summed E-state index contributed by atoms with van der Waals surface area (Å²) >= 11 is 9.29. The number of rotatable bonds is 5. The molecule has 5 nitrogen and oxygen atoms in total. The van der Waals surface area contributed by atoms with Crippen LogP contribution in [-0.2, 0) is 4.79 Å². The molecule has 0 aromatic heterocycles. The van der Waals surface area contributed by atoms with E-state index in [0.717, 1.165) is 24.1 Å². The van der Waals surface area contributed by atoms with E-state index in [9.17, 15) is 4.79 Å². The Morgan fingerprint density at radius 1 is 1.43 bits per heavy atom. The number of amides is 1. The molecule has 1 aliphatic heterocycles. The van der Waals surface area contributed by atoms with Gasteiger partial charge in [0.1, 0.15) is 5.75 Å². The van der Waals surface area contributed by atoms with E-state index < -0.39 is 6.10 Å². The number of benzene rings is 1. The smallest absolute Gasteiger partial charge is 0.263 e. The van der Waals surface area contributed by atoms with Crippen molar-refractivity contribution in [1.29, 1.82) is 5.26 Å². The van der Waals surface area contributed by atoms with Crippen LogP contribution in [0.4, 0.5) is 0 Å². The summed E-state index contributed by atoms with van der Waals surface area (Å²) in [5.74, 6) is 0.578. The normalized spacial score (nSPS) is 16.7. The Hall–Kier alpha value is -1.29. The molecule has 1 unspecified atom stereocenters. The summed E-state index contributed by atoms with van der Waals surface area (Å²) in [6.45, 7) is 5.45. The van der Waals surface area contributed by atoms with Crippen LogP contribution in [0, 0.1) is 11.3 Å². The van der Waals surface area contributed by atoms with E-state index in [2.05, 4.69) is 26.9 Å². The highest BCUT2D eigenvalue weighted by atomic mass is 79.9. The first-order valence-corrected chi connectivity index (χ1v) is 8.68. The van der Waals surface area contributed by atoms with Gasteiger partial charge in [-0.15, -0.1) is 0 Å². The molecule has 0 radical (unpaired) electrons. The molecule has 2 rings (SSSR count). The first kappa shape index (κ1) is 18.1. The molecule has 1 aliphatic rings. The molecule has 1 fully saturated rings. The number of halogens is 2. The lowest BCUT2D eigenvalue weighted by Crippen LogP contribution is -2.51. The third-order valence-electron chi connectivity index (χ3n) is 3.77. The third-order valence-corrected chi connectivity index (χ3v) is 4.62. The van der Waals surface area contributed by atoms with Crippen LogP contribution in [0.3, 0.4) is 0 Å². The predicted molar refractivity (Wildman–Crippen MR) is 92.5 cm³/mol. The lowest BCUT2D eigenvalue weighted by Gasteiger charge is -2.35. The zero-order valence-corrected chi connectivity index (χ0v) is 15.3. The SMILES string of the molecule is CC(Oc1ccc(Cl)cc1Br)C(=O)N1CCN(CCC#N)CC1. The van der Waals surface area contributed by atoms with E-state index in [-0.39, 0.29) is 5.91 Å². The fraction of sp³-hybridized carbons (Fsp3) is 0.500. The first-order chi connectivity index (χ1) is 11.0. The van der Waals surface area contributed by atoms with Crippen molar-refractivity contribution in [3.05, 3.63) is 27.7 Å². The average Bonchev–Trinajstić information content (AvgIpc) is 2.55. The summed E-state index contributed by atoms with van der Waals surface area (Å²) < 4.78 is 6.48. The van der Waals surface area contributed by atoms with E-state index >= 15 is 0 Å². The number of carbonyl (C=O) groups excluding carboxylic acids is 1. The second-order valence-corrected chi connectivity index (χ2v) is 6.70. The van der Waals surface area contributed by atoms with Crippen molar-refractivity contribution in [2.45, 2.75) is 19.4 Å². The molecule has 1 saturated heterocycles. The fourth-order valence-electron chi connectivity index (χ4n) is 2.47. The van der Waals surface area contributed by atoms with Crippen molar-refractivity contribution in [3.63, 3.8) is 0 Å². The number of nitrogens with zero attached hydrogens (tertiary/aromatic N) is 3. The van der Waals surface area contributed by atoms with Crippen molar-refractivity contribution in [1.82, 2.24) is 9.80 Å². The molecule has 1 atom stereocenters. The van der Waals surface area contributed by atoms with Gasteiger partial charge in [0, 0.05) is 44.2 Å². The fourth-order valence-corrected chi connectivity index (χ4v) is 3.24. The van der Waals surface area contributed by atoms with E-state index in [1.54, 1.807) is 25.1 Å². The topological polar surface area (TPSA) is 56.6 Å². The summed E-state index contributed by atoms with van der Waals surface area (Å²) in [5, 5.41) is 9.23. The van der Waals surface area contributed by atoms with Gasteiger partial charge >= 0.3 is 0 Å². The Morgan fingerprint density at radius 2 is 2.13 bits per heavy atom. The molecule has 0 bridgehead atoms. The standard InChI is InChI=1S/C16H19BrClN3O2/c1-12(23-15-4-3-13(18)11-14(15)17)16(22)21-9-7-20(8-10-21)6-2-5-19/h3-4,11-12H,2,6-10H2,1H3. The van der Waals surface area contributed by atoms with Gasteiger partial charge in [-0.25, -0.2) is 0 Å². The van der Waals surface area contributed by atoms with Crippen LogP contribution in [0.1, 0.15) is 13.3 Å². The van der Waals surface area contributed by atoms with E-state index in [1.165, 1.54) is 0 Å². The Kier molecular flexibility index (Phi) is 6.70. The molecule has 1 amide bonds. The largest absolute Gasteiger partial charge is 0.480 e. The second kappa shape index (κ2) is 8.53. The molecule has 7 heteroatoms. The molecule has 1 aromatic carbocycles. The number of piperazine rings is 1. The molecular weight excluding hydrogens is 382 g/mol. The van der Waals surface area contributed by atoms with Crippen LogP contribution in [0.2, 0.25) is 5.02 Å². The number of carbonyl (C=O) groups is 1. The highest BCUT2D eigenvalue weighted by Gasteiger charge is 2.26. The van der Waals surface area contributed by atoms with Gasteiger partial charge in [-0.05, 0) is 41.1 Å². The summed E-state index contributed by atoms with van der Waals surface area (Å²) in [4.78, 5) is 16.5. The molecule has 23 heavy (non-hydrogen) atoms. The molecule has 124 valence electrons. The summed E-state index contributed by atoms with van der Waals surface area (Å²) in [7, 11) is 0. The highest BCUT2D eigenvalue weighted by Crippen LogP contribution is 2.29. The molecule has 0 N–H and O–H groups in total. The zero-order chi connectivity index (χ0) is 16.8. The van der Waals surface area contributed by atoms with Crippen molar-refractivity contribution in [3.8, 4) is 11.8 Å². The van der Waals surface area contributed by atoms with Crippen molar-refractivity contribution < 1.29 is 9.53 Å². The highest BCUT2D eigenvalue weighted by molar-refractivity contribution is 9.10. The van der Waals surface area contributed by atoms with Gasteiger partial charge in [0.05, 0.1) is 10.5 Å². The van der Waals surface area contributed by atoms with E-state index in [1.807, 2.05) is 4.90 Å². The Labute approximate surface area is 149 Å². The molecule has 0 saturated carbocycles. The van der Waals surface area contributed by atoms with Gasteiger partial charge < -0.3 is 9.64 Å². The molecule has 0 spiro atoms. The second-order valence-electron chi connectivity index (χ2n) is 5.41. The van der Waals surface area contributed by atoms with Crippen molar-refractivity contribution in [2.75, 3.05) is 32.7 Å². The summed E-state index contributed by atoms with van der Waals surface area (Å²) in [5.41, 5.74) is 0. The van der Waals surface area contributed by atoms with Crippen LogP contribution >= 0.6 is 27.5 Å². The van der Waals surface area contributed by atoms with Gasteiger partial charge in [-0.2, -0.15) is 5.26 Å². The van der Waals surface area contributed by atoms with Crippen LogP contribution < -0.4 is 4.74 Å². The third kappa shape index (κ3) is 5.10. The van der Waals surface area contributed by atoms with Gasteiger partial charge in [0.15, 0.2) is 6.10 Å². The maximum Gasteiger partial charge on any atom is 0.263 e. The minimum Gasteiger partial charge on any atom is -0.480 e. The Balaban J connectivity index is 1.87. The number of hydrogen-bond donors (Lipinski definition) is 0. The first-order valence-electron chi connectivity index (χ1n) is 7.51. The average molecular weight is 401 g/mol. The summed E-state index contributed by atoms with van der Waals surface area (Å²) in [6, 6.07) is 7.36. The molecule has 1 heterocycles. The lowest BCUT2D eigenvalue weighted by atomic mass is 10.2. The molecule has 0 aliphatic carbocycles. The predicted octanol–water partition coefficient (Wildman–Crippen LogP) is 2.93. The summed E-state index contributed by atoms with van der Waals surface area (Å²) in [6.07, 6.45) is -0.0314. The van der Waals surface area contributed by atoms with Crippen molar-refractivity contribution in [2.24, 2.45) is 0 Å². The van der Waals surface area contributed by atoms with Gasteiger partial charge in [-0.3, -0.25) is 9.69 Å². The van der Waals surface area contributed by atoms with Gasteiger partial charge in [0.2, 0.25) is 0 Å². The monoisotopic (exact) mass is 399 g/mol. The Bertz CT molecular complexity index is 597. The quantitative estimate of drug-likeness (QED) is 0.762. The van der Waals surface area contributed by atoms with Crippen LogP contribution in [0.15, 0.2) is 22.7 Å². The zero-order valence-electron chi connectivity index (χ0n) is 13.0. The van der Waals surface area contributed by atoms with Crippen molar-refractivity contribution >= 4 is 33.4 Å². The van der Waals surface area contributed by atoms with E-state index in [4.69, 9.17) is 21.6 Å². The van der Waals surface area contributed by atoms with Crippen LogP contribution in [0.5, 0.6) is 5.75 Å².